The molecule has 0 aliphatic rings. The van der Waals surface area contributed by atoms with E-state index in [4.69, 9.17) is 0 Å². The van der Waals surface area contributed by atoms with Crippen LogP contribution < -0.4 is 10.6 Å². The molecule has 0 aliphatic carbocycles. The van der Waals surface area contributed by atoms with Gasteiger partial charge in [-0.1, -0.05) is 6.07 Å². The molecule has 0 unspecified atom stereocenters. The molecule has 0 fully saturated rings. The zero-order chi connectivity index (χ0) is 16.2. The molecule has 0 spiro atoms. The number of carbonyl (C=O) groups excluding carboxylic acids is 1. The van der Waals surface area contributed by atoms with Crippen molar-refractivity contribution < 1.29 is 4.79 Å². The predicted molar refractivity (Wildman–Crippen MR) is 91.0 cm³/mol. The summed E-state index contributed by atoms with van der Waals surface area (Å²) in [7, 11) is 0. The van der Waals surface area contributed by atoms with Gasteiger partial charge in [0.05, 0.1) is 11.7 Å². The summed E-state index contributed by atoms with van der Waals surface area (Å²) in [6.07, 6.45) is 3.57. The summed E-state index contributed by atoms with van der Waals surface area (Å²) in [5, 5.41) is 12.8. The van der Waals surface area contributed by atoms with E-state index in [0.717, 1.165) is 16.4 Å². The minimum atomic E-state index is -0.261. The molecular weight excluding hydrogens is 310 g/mol. The lowest BCUT2D eigenvalue weighted by Gasteiger charge is -2.13. The molecule has 2 heterocycles. The van der Waals surface area contributed by atoms with Gasteiger partial charge in [0.15, 0.2) is 0 Å². The Labute approximate surface area is 138 Å². The first kappa shape index (κ1) is 15.2. The first-order valence-electron chi connectivity index (χ1n) is 7.21. The molecule has 2 aromatic heterocycles. The predicted octanol–water partition coefficient (Wildman–Crippen LogP) is 3.52. The van der Waals surface area contributed by atoms with Crippen LogP contribution in [0.2, 0.25) is 0 Å². The van der Waals surface area contributed by atoms with E-state index < -0.39 is 0 Å². The zero-order valence-electron chi connectivity index (χ0n) is 12.9. The molecule has 3 aromatic rings. The number of nitrogens with zero attached hydrogens (tertiary/aromatic N) is 3. The van der Waals surface area contributed by atoms with Crippen LogP contribution in [0.1, 0.15) is 23.7 Å². The number of carbonyl (C=O) groups is 1. The van der Waals surface area contributed by atoms with Crippen LogP contribution in [-0.4, -0.2) is 20.8 Å². The fourth-order valence-corrected chi connectivity index (χ4v) is 2.95. The van der Waals surface area contributed by atoms with Gasteiger partial charge in [0.25, 0.3) is 0 Å². The Bertz CT molecular complexity index is 796. The van der Waals surface area contributed by atoms with Gasteiger partial charge in [-0.05, 0) is 38.1 Å². The van der Waals surface area contributed by atoms with Crippen molar-refractivity contribution in [3.63, 3.8) is 0 Å². The van der Waals surface area contributed by atoms with E-state index in [1.165, 1.54) is 0 Å². The van der Waals surface area contributed by atoms with E-state index in [1.54, 1.807) is 22.2 Å². The summed E-state index contributed by atoms with van der Waals surface area (Å²) >= 11 is 1.54. The number of urea groups is 1. The van der Waals surface area contributed by atoms with Crippen LogP contribution in [0.3, 0.4) is 0 Å². The van der Waals surface area contributed by atoms with Gasteiger partial charge in [0.2, 0.25) is 0 Å². The van der Waals surface area contributed by atoms with E-state index in [2.05, 4.69) is 20.7 Å². The zero-order valence-corrected chi connectivity index (χ0v) is 13.7. The summed E-state index contributed by atoms with van der Waals surface area (Å²) in [5.74, 6) is 0. The largest absolute Gasteiger partial charge is 0.329 e. The number of thiazole rings is 1. The van der Waals surface area contributed by atoms with E-state index in [9.17, 15) is 4.79 Å². The number of aryl methyl sites for hydroxylation is 1. The number of anilines is 1. The highest BCUT2D eigenvalue weighted by Crippen LogP contribution is 2.18. The van der Waals surface area contributed by atoms with Gasteiger partial charge in [0, 0.05) is 29.2 Å². The molecule has 23 heavy (non-hydrogen) atoms. The number of hydrogen-bond donors (Lipinski definition) is 2. The quantitative estimate of drug-likeness (QED) is 0.770. The number of benzene rings is 1. The van der Waals surface area contributed by atoms with Gasteiger partial charge in [-0.2, -0.15) is 5.10 Å². The van der Waals surface area contributed by atoms with Crippen LogP contribution in [-0.2, 0) is 0 Å². The van der Waals surface area contributed by atoms with Crippen LogP contribution in [0.5, 0.6) is 0 Å². The minimum Gasteiger partial charge on any atom is -0.329 e. The Morgan fingerprint density at radius 1 is 1.35 bits per heavy atom. The highest BCUT2D eigenvalue weighted by atomic mass is 32.1. The molecule has 0 bridgehead atoms. The van der Waals surface area contributed by atoms with Gasteiger partial charge in [0.1, 0.15) is 5.01 Å². The van der Waals surface area contributed by atoms with Gasteiger partial charge in [-0.15, -0.1) is 11.3 Å². The number of rotatable bonds is 4. The summed E-state index contributed by atoms with van der Waals surface area (Å²) < 4.78 is 1.74. The average molecular weight is 327 g/mol. The highest BCUT2D eigenvalue weighted by molar-refractivity contribution is 7.09. The van der Waals surface area contributed by atoms with Gasteiger partial charge in [-0.25, -0.2) is 14.5 Å². The average Bonchev–Trinajstić information content (AvgIpc) is 3.18. The maximum Gasteiger partial charge on any atom is 0.319 e. The van der Waals surface area contributed by atoms with Crippen molar-refractivity contribution in [1.29, 1.82) is 0 Å². The van der Waals surface area contributed by atoms with Gasteiger partial charge in [-0.3, -0.25) is 0 Å². The maximum absolute atomic E-state index is 12.1. The molecule has 7 heteroatoms. The second-order valence-electron chi connectivity index (χ2n) is 5.15. The lowest BCUT2D eigenvalue weighted by molar-refractivity contribution is 0.249. The summed E-state index contributed by atoms with van der Waals surface area (Å²) in [4.78, 5) is 16.5. The van der Waals surface area contributed by atoms with Crippen molar-refractivity contribution in [3.05, 3.63) is 58.8 Å². The standard InChI is InChI=1S/C16H17N5OS/c1-11-10-23-15(18-11)12(2)19-16(22)20-13-5-3-6-14(9-13)21-8-4-7-17-21/h3-10,12H,1-2H3,(H2,19,20,22)/t12-/m1/s1. The topological polar surface area (TPSA) is 71.8 Å². The molecular formula is C16H17N5OS. The highest BCUT2D eigenvalue weighted by Gasteiger charge is 2.12. The number of aromatic nitrogens is 3. The summed E-state index contributed by atoms with van der Waals surface area (Å²) in [6, 6.07) is 8.96. The Balaban J connectivity index is 1.65. The first-order valence-corrected chi connectivity index (χ1v) is 8.09. The van der Waals surface area contributed by atoms with E-state index in [0.29, 0.717) is 5.69 Å². The van der Waals surface area contributed by atoms with Crippen molar-refractivity contribution in [3.8, 4) is 5.69 Å². The van der Waals surface area contributed by atoms with Crippen molar-refractivity contribution in [2.75, 3.05) is 5.32 Å². The monoisotopic (exact) mass is 327 g/mol. The van der Waals surface area contributed by atoms with Crippen LogP contribution in [0.15, 0.2) is 48.1 Å². The van der Waals surface area contributed by atoms with Crippen molar-refractivity contribution in [2.24, 2.45) is 0 Å². The molecule has 0 saturated carbocycles. The molecule has 3 rings (SSSR count). The molecule has 0 radical (unpaired) electrons. The number of hydrogen-bond acceptors (Lipinski definition) is 4. The van der Waals surface area contributed by atoms with Gasteiger partial charge >= 0.3 is 6.03 Å². The van der Waals surface area contributed by atoms with Crippen LogP contribution >= 0.6 is 11.3 Å². The Morgan fingerprint density at radius 2 is 2.22 bits per heavy atom. The van der Waals surface area contributed by atoms with Crippen molar-refractivity contribution in [2.45, 2.75) is 19.9 Å². The molecule has 1 atom stereocenters. The summed E-state index contributed by atoms with van der Waals surface area (Å²) in [6.45, 7) is 3.85. The van der Waals surface area contributed by atoms with Crippen molar-refractivity contribution in [1.82, 2.24) is 20.1 Å². The lowest BCUT2D eigenvalue weighted by Crippen LogP contribution is -2.31. The third-order valence-corrected chi connectivity index (χ3v) is 4.37. The maximum atomic E-state index is 12.1. The molecule has 0 saturated heterocycles. The third kappa shape index (κ3) is 3.75. The molecule has 0 aliphatic heterocycles. The molecule has 6 nitrogen and oxygen atoms in total. The lowest BCUT2D eigenvalue weighted by atomic mass is 10.3. The Morgan fingerprint density at radius 3 is 2.91 bits per heavy atom. The third-order valence-electron chi connectivity index (χ3n) is 3.23. The van der Waals surface area contributed by atoms with Crippen LogP contribution in [0, 0.1) is 6.92 Å². The summed E-state index contributed by atoms with van der Waals surface area (Å²) in [5.41, 5.74) is 2.56. The van der Waals surface area contributed by atoms with E-state index >= 15 is 0 Å². The molecule has 1 aromatic carbocycles. The minimum absolute atomic E-state index is 0.136. The Hall–Kier alpha value is -2.67. The van der Waals surface area contributed by atoms with Crippen molar-refractivity contribution >= 4 is 23.1 Å². The van der Waals surface area contributed by atoms with E-state index in [-0.39, 0.29) is 12.1 Å². The number of nitrogens with one attached hydrogen (secondary N) is 2. The first-order chi connectivity index (χ1) is 11.1. The normalized spacial score (nSPS) is 11.9. The number of amides is 2. The second kappa shape index (κ2) is 6.62. The molecule has 118 valence electrons. The second-order valence-corrected chi connectivity index (χ2v) is 6.04. The van der Waals surface area contributed by atoms with E-state index in [1.807, 2.05) is 55.8 Å². The van der Waals surface area contributed by atoms with Gasteiger partial charge < -0.3 is 10.6 Å². The Kier molecular flexibility index (Phi) is 4.38. The molecule has 2 amide bonds. The molecule has 2 N–H and O–H groups in total. The SMILES string of the molecule is Cc1csc([C@@H](C)NC(=O)Nc2cccc(-n3cccn3)c2)n1. The fourth-order valence-electron chi connectivity index (χ4n) is 2.14. The van der Waals surface area contributed by atoms with Crippen LogP contribution in [0.4, 0.5) is 10.5 Å². The smallest absolute Gasteiger partial charge is 0.319 e. The fraction of sp³-hybridized carbons (Fsp3) is 0.188. The van der Waals surface area contributed by atoms with Crippen LogP contribution in [0.25, 0.3) is 5.69 Å².